The number of carbonyl (C=O) groups excluding carboxylic acids is 1. The Hall–Kier alpha value is -3.00. The van der Waals surface area contributed by atoms with Crippen LogP contribution in [0.3, 0.4) is 0 Å². The number of ether oxygens (including phenoxy) is 1. The average Bonchev–Trinajstić information content (AvgIpc) is 3.46. The normalized spacial score (nSPS) is 21.2. The molecule has 2 aromatic rings. The van der Waals surface area contributed by atoms with E-state index in [4.69, 9.17) is 21.4 Å². The number of hydrogen-bond acceptors (Lipinski definition) is 9. The molecule has 2 unspecified atom stereocenters. The lowest BCUT2D eigenvalue weighted by Crippen LogP contribution is -2.45. The van der Waals surface area contributed by atoms with Crippen molar-refractivity contribution in [1.82, 2.24) is 20.1 Å². The summed E-state index contributed by atoms with van der Waals surface area (Å²) in [5.74, 6) is -5.09. The summed E-state index contributed by atoms with van der Waals surface area (Å²) in [5, 5.41) is 14.5. The Morgan fingerprint density at radius 3 is 2.79 bits per heavy atom. The van der Waals surface area contributed by atoms with Gasteiger partial charge in [0.25, 0.3) is 5.92 Å². The molecule has 0 saturated carbocycles. The summed E-state index contributed by atoms with van der Waals surface area (Å²) >= 11 is 7.66. The minimum absolute atomic E-state index is 0.0335. The number of carboxylic acid groups (broad SMARTS) is 1. The summed E-state index contributed by atoms with van der Waals surface area (Å²) < 4.78 is 48.5. The number of hydrogen-bond donors (Lipinski definition) is 2. The maximum absolute atomic E-state index is 14.6. The van der Waals surface area contributed by atoms with Crippen molar-refractivity contribution in [2.45, 2.75) is 31.4 Å². The third kappa shape index (κ3) is 6.96. The predicted molar refractivity (Wildman–Crippen MR) is 140 cm³/mol. The fourth-order valence-corrected chi connectivity index (χ4v) is 5.61. The van der Waals surface area contributed by atoms with Crippen molar-refractivity contribution in [1.29, 1.82) is 0 Å². The van der Waals surface area contributed by atoms with Gasteiger partial charge >= 0.3 is 11.9 Å². The van der Waals surface area contributed by atoms with E-state index in [1.54, 1.807) is 25.5 Å². The van der Waals surface area contributed by atoms with Gasteiger partial charge in [0.2, 0.25) is 0 Å². The van der Waals surface area contributed by atoms with E-state index in [1.165, 1.54) is 33.3 Å². The van der Waals surface area contributed by atoms with Crippen LogP contribution in [0.5, 0.6) is 0 Å². The highest BCUT2D eigenvalue weighted by Gasteiger charge is 2.46. The van der Waals surface area contributed by atoms with Crippen LogP contribution < -0.4 is 5.32 Å². The molecule has 14 heteroatoms. The first-order chi connectivity index (χ1) is 18.5. The van der Waals surface area contributed by atoms with Gasteiger partial charge in [0, 0.05) is 53.4 Å². The largest absolute Gasteiger partial charge is 0.480 e. The molecular weight excluding hydrogens is 559 g/mol. The maximum atomic E-state index is 14.6. The minimum atomic E-state index is -3.01. The van der Waals surface area contributed by atoms with Gasteiger partial charge in [-0.15, -0.1) is 11.3 Å². The second-order valence-electron chi connectivity index (χ2n) is 9.33. The highest BCUT2D eigenvalue weighted by atomic mass is 35.5. The number of nitrogens with one attached hydrogen (secondary N) is 1. The van der Waals surface area contributed by atoms with Crippen LogP contribution in [0.1, 0.15) is 30.0 Å². The second kappa shape index (κ2) is 12.0. The molecule has 0 bridgehead atoms. The molecule has 1 aromatic carbocycles. The molecule has 1 fully saturated rings. The number of likely N-dealkylation sites (tertiary alicyclic amines) is 1. The van der Waals surface area contributed by atoms with E-state index in [0.717, 1.165) is 6.07 Å². The second-order valence-corrected chi connectivity index (χ2v) is 10.6. The zero-order valence-electron chi connectivity index (χ0n) is 21.2. The van der Waals surface area contributed by atoms with Gasteiger partial charge in [-0.25, -0.2) is 22.9 Å². The molecule has 2 N–H and O–H groups in total. The van der Waals surface area contributed by atoms with Crippen molar-refractivity contribution >= 4 is 40.7 Å². The van der Waals surface area contributed by atoms with Gasteiger partial charge in [-0.05, 0) is 26.1 Å². The molecule has 1 aromatic heterocycles. The molecule has 2 atom stereocenters. The monoisotopic (exact) mass is 585 g/mol. The zero-order valence-corrected chi connectivity index (χ0v) is 22.7. The number of rotatable bonds is 10. The quantitative estimate of drug-likeness (QED) is 0.408. The van der Waals surface area contributed by atoms with E-state index in [-0.39, 0.29) is 42.5 Å². The Balaban J connectivity index is 1.77. The van der Waals surface area contributed by atoms with Crippen molar-refractivity contribution in [2.24, 2.45) is 4.99 Å². The number of thiazole rings is 1. The first kappa shape index (κ1) is 29.0. The van der Waals surface area contributed by atoms with Crippen LogP contribution in [-0.2, 0) is 14.3 Å². The number of benzene rings is 1. The molecule has 3 heterocycles. The van der Waals surface area contributed by atoms with E-state index in [1.807, 2.05) is 0 Å². The minimum Gasteiger partial charge on any atom is -0.480 e. The topological polar surface area (TPSA) is 107 Å². The number of carboxylic acids is 1. The number of aliphatic carboxylic acids is 1. The fourth-order valence-electron chi connectivity index (χ4n) is 4.75. The highest BCUT2D eigenvalue weighted by molar-refractivity contribution is 7.11. The number of aliphatic imine (C=N–C) groups is 1. The van der Waals surface area contributed by atoms with Gasteiger partial charge in [-0.2, -0.15) is 0 Å². The Morgan fingerprint density at radius 1 is 1.38 bits per heavy atom. The van der Waals surface area contributed by atoms with Crippen molar-refractivity contribution < 1.29 is 32.6 Å². The molecule has 0 amide bonds. The van der Waals surface area contributed by atoms with Crippen LogP contribution >= 0.6 is 22.9 Å². The highest BCUT2D eigenvalue weighted by Crippen LogP contribution is 2.38. The summed E-state index contributed by atoms with van der Waals surface area (Å²) in [6, 6.07) is 2.00. The van der Waals surface area contributed by atoms with Gasteiger partial charge in [-0.3, -0.25) is 19.6 Å². The molecule has 9 nitrogen and oxygen atoms in total. The molecule has 0 spiro atoms. The van der Waals surface area contributed by atoms with Crippen molar-refractivity contribution in [2.75, 3.05) is 39.8 Å². The molecule has 4 rings (SSSR count). The van der Waals surface area contributed by atoms with E-state index in [2.05, 4.69) is 15.3 Å². The average molecular weight is 586 g/mol. The van der Waals surface area contributed by atoms with Crippen molar-refractivity contribution in [3.8, 4) is 0 Å². The number of halogens is 4. The number of aromatic nitrogens is 1. The van der Waals surface area contributed by atoms with Crippen molar-refractivity contribution in [3.63, 3.8) is 0 Å². The van der Waals surface area contributed by atoms with E-state index in [0.29, 0.717) is 16.4 Å². The molecule has 2 aliphatic heterocycles. The number of alkyl halides is 2. The Morgan fingerprint density at radius 2 is 2.15 bits per heavy atom. The van der Waals surface area contributed by atoms with Crippen LogP contribution in [0.25, 0.3) is 0 Å². The number of carbonyl (C=O) groups is 2. The lowest BCUT2D eigenvalue weighted by Gasteiger charge is -2.32. The first-order valence-corrected chi connectivity index (χ1v) is 13.3. The number of likely N-dealkylation sites (N-methyl/N-ethyl adjacent to an activating group) is 1. The summed E-state index contributed by atoms with van der Waals surface area (Å²) in [7, 11) is 1.55. The fraction of sp³-hybridized carbons (Fsp3) is 0.440. The van der Waals surface area contributed by atoms with E-state index >= 15 is 0 Å². The zero-order chi connectivity index (χ0) is 28.3. The Kier molecular flexibility index (Phi) is 8.94. The number of esters is 1. The summed E-state index contributed by atoms with van der Waals surface area (Å²) in [6.45, 7) is 0.739. The smallest absolute Gasteiger partial charge is 0.338 e. The SMILES string of the molecule is CCOC(=O)C1=C(CN2CC(F)(F)CC2CN(C)CC(=O)O)NC(c2nccs2)=NC1c1ccc(F)cc1Cl. The first-order valence-electron chi connectivity index (χ1n) is 12.1. The van der Waals surface area contributed by atoms with Crippen LogP contribution in [0.4, 0.5) is 13.2 Å². The lowest BCUT2D eigenvalue weighted by molar-refractivity contribution is -0.139. The Labute approximate surface area is 231 Å². The summed E-state index contributed by atoms with van der Waals surface area (Å²) in [5.41, 5.74) is 0.653. The molecular formula is C25H27ClF3N5O4S. The maximum Gasteiger partial charge on any atom is 0.338 e. The molecule has 0 radical (unpaired) electrons. The summed E-state index contributed by atoms with van der Waals surface area (Å²) in [6.07, 6.45) is 1.10. The molecule has 0 aliphatic carbocycles. The van der Waals surface area contributed by atoms with Gasteiger partial charge in [-0.1, -0.05) is 17.7 Å². The molecule has 2 aliphatic rings. The van der Waals surface area contributed by atoms with Crippen LogP contribution in [-0.4, -0.2) is 89.5 Å². The van der Waals surface area contributed by atoms with Gasteiger partial charge in [0.05, 0.1) is 25.3 Å². The third-order valence-corrected chi connectivity index (χ3v) is 7.39. The molecule has 39 heavy (non-hydrogen) atoms. The predicted octanol–water partition coefficient (Wildman–Crippen LogP) is 3.57. The van der Waals surface area contributed by atoms with Crippen LogP contribution in [0, 0.1) is 5.82 Å². The van der Waals surface area contributed by atoms with Gasteiger partial charge < -0.3 is 15.2 Å². The van der Waals surface area contributed by atoms with E-state index < -0.39 is 48.7 Å². The third-order valence-electron chi connectivity index (χ3n) is 6.29. The van der Waals surface area contributed by atoms with Gasteiger partial charge in [0.1, 0.15) is 11.9 Å². The van der Waals surface area contributed by atoms with Crippen molar-refractivity contribution in [3.05, 3.63) is 62.5 Å². The van der Waals surface area contributed by atoms with E-state index in [9.17, 15) is 22.8 Å². The molecule has 1 saturated heterocycles. The van der Waals surface area contributed by atoms with Gasteiger partial charge in [0.15, 0.2) is 10.8 Å². The number of amidine groups is 1. The van der Waals surface area contributed by atoms with Crippen LogP contribution in [0.15, 0.2) is 46.0 Å². The summed E-state index contributed by atoms with van der Waals surface area (Å²) in [4.78, 5) is 36.3. The Bertz CT molecular complexity index is 1290. The lowest BCUT2D eigenvalue weighted by atomic mass is 9.95. The van der Waals surface area contributed by atoms with Crippen LogP contribution in [0.2, 0.25) is 5.02 Å². The molecule has 210 valence electrons. The number of nitrogens with zero attached hydrogens (tertiary/aromatic N) is 4. The standard InChI is InChI=1S/C25H27ClF3N5O4S/c1-3-38-24(37)20-18(11-34-13-25(28,29)9-15(34)10-33(2)12-19(35)36)31-22(23-30-6-7-39-23)32-21(20)16-5-4-14(27)8-17(16)26/h4-8,15,21H,3,9-13H2,1-2H3,(H,31,32)(H,35,36).